The van der Waals surface area contributed by atoms with Crippen LogP contribution in [0, 0.1) is 0 Å². The van der Waals surface area contributed by atoms with E-state index in [1.165, 1.54) is 35.2 Å². The predicted octanol–water partition coefficient (Wildman–Crippen LogP) is 4.23. The highest BCUT2D eigenvalue weighted by molar-refractivity contribution is 7.91. The number of carbonyl (C=O) groups excluding carboxylic acids is 2. The van der Waals surface area contributed by atoms with E-state index >= 15 is 0 Å². The van der Waals surface area contributed by atoms with Crippen LogP contribution in [0.4, 0.5) is 5.69 Å². The van der Waals surface area contributed by atoms with Crippen LogP contribution in [-0.2, 0) is 16.4 Å². The molecule has 0 aromatic heterocycles. The third-order valence-electron chi connectivity index (χ3n) is 5.60. The van der Waals surface area contributed by atoms with Crippen LogP contribution in [0.2, 0.25) is 5.02 Å². The van der Waals surface area contributed by atoms with Crippen LogP contribution in [0.5, 0.6) is 0 Å². The number of benzene rings is 3. The van der Waals surface area contributed by atoms with Gasteiger partial charge in [-0.2, -0.15) is 0 Å². The summed E-state index contributed by atoms with van der Waals surface area (Å²) in [7, 11) is -3.98. The first-order valence-electron chi connectivity index (χ1n) is 10.2. The SMILES string of the molecule is O=C(NC1CC1)c1ccc2c(c1)N(Cc1cccc(Cl)c1)C(=O)c1ccccc1S2(=O)=O. The molecular weight excluding hydrogens is 448 g/mol. The molecule has 8 heteroatoms. The van der Waals surface area contributed by atoms with Gasteiger partial charge in [-0.3, -0.25) is 9.59 Å². The smallest absolute Gasteiger partial charge is 0.259 e. The largest absolute Gasteiger partial charge is 0.349 e. The normalized spacial score (nSPS) is 16.7. The topological polar surface area (TPSA) is 83.6 Å². The van der Waals surface area contributed by atoms with Gasteiger partial charge in [0.25, 0.3) is 11.8 Å². The molecule has 0 saturated heterocycles. The summed E-state index contributed by atoms with van der Waals surface area (Å²) >= 11 is 6.13. The fourth-order valence-corrected chi connectivity index (χ4v) is 5.66. The summed E-state index contributed by atoms with van der Waals surface area (Å²) in [5.41, 5.74) is 1.31. The molecule has 0 radical (unpaired) electrons. The van der Waals surface area contributed by atoms with Crippen molar-refractivity contribution in [1.82, 2.24) is 5.32 Å². The van der Waals surface area contributed by atoms with Crippen molar-refractivity contribution in [1.29, 1.82) is 0 Å². The zero-order valence-corrected chi connectivity index (χ0v) is 18.5. The number of hydrogen-bond acceptors (Lipinski definition) is 4. The molecule has 32 heavy (non-hydrogen) atoms. The molecule has 0 atom stereocenters. The van der Waals surface area contributed by atoms with Gasteiger partial charge in [-0.05, 0) is 60.9 Å². The standard InChI is InChI=1S/C24H19ClN2O4S/c25-17-5-3-4-15(12-17)14-27-20-13-16(23(28)26-18-9-10-18)8-11-22(20)32(30,31)21-7-2-1-6-19(21)24(27)29/h1-8,11-13,18H,9-10,14H2,(H,26,28). The average molecular weight is 467 g/mol. The number of nitrogens with zero attached hydrogens (tertiary/aromatic N) is 1. The van der Waals surface area contributed by atoms with Crippen molar-refractivity contribution in [2.24, 2.45) is 0 Å². The molecule has 0 bridgehead atoms. The zero-order chi connectivity index (χ0) is 22.5. The van der Waals surface area contributed by atoms with Gasteiger partial charge in [0.15, 0.2) is 0 Å². The van der Waals surface area contributed by atoms with E-state index in [0.717, 1.165) is 18.4 Å². The van der Waals surface area contributed by atoms with Crippen molar-refractivity contribution < 1.29 is 18.0 Å². The number of carbonyl (C=O) groups is 2. The number of hydrogen-bond donors (Lipinski definition) is 1. The average Bonchev–Trinajstić information content (AvgIpc) is 3.60. The molecule has 5 rings (SSSR count). The van der Waals surface area contributed by atoms with Crippen LogP contribution in [0.3, 0.4) is 0 Å². The number of fused-ring (bicyclic) bond motifs is 2. The summed E-state index contributed by atoms with van der Waals surface area (Å²) in [6, 6.07) is 17.7. The number of halogens is 1. The molecule has 3 aromatic carbocycles. The van der Waals surface area contributed by atoms with Crippen LogP contribution in [0.15, 0.2) is 76.5 Å². The molecule has 0 spiro atoms. The minimum Gasteiger partial charge on any atom is -0.349 e. The Hall–Kier alpha value is -3.16. The van der Waals surface area contributed by atoms with Crippen molar-refractivity contribution in [3.05, 3.63) is 88.4 Å². The molecule has 1 aliphatic carbocycles. The van der Waals surface area contributed by atoms with Crippen molar-refractivity contribution in [3.63, 3.8) is 0 Å². The maximum Gasteiger partial charge on any atom is 0.259 e. The van der Waals surface area contributed by atoms with E-state index in [1.807, 2.05) is 6.07 Å². The monoisotopic (exact) mass is 466 g/mol. The highest BCUT2D eigenvalue weighted by Gasteiger charge is 2.36. The minimum absolute atomic E-state index is 0.0131. The van der Waals surface area contributed by atoms with E-state index < -0.39 is 15.7 Å². The summed E-state index contributed by atoms with van der Waals surface area (Å²) in [6.07, 6.45) is 1.86. The summed E-state index contributed by atoms with van der Waals surface area (Å²) in [4.78, 5) is 27.6. The van der Waals surface area contributed by atoms with Gasteiger partial charge in [-0.15, -0.1) is 0 Å². The lowest BCUT2D eigenvalue weighted by Crippen LogP contribution is -2.31. The highest BCUT2D eigenvalue weighted by atomic mass is 35.5. The Kier molecular flexibility index (Phi) is 5.03. The van der Waals surface area contributed by atoms with Gasteiger partial charge in [0.2, 0.25) is 9.84 Å². The fourth-order valence-electron chi connectivity index (χ4n) is 3.82. The first-order chi connectivity index (χ1) is 15.3. The summed E-state index contributed by atoms with van der Waals surface area (Å²) in [5, 5.41) is 3.41. The van der Waals surface area contributed by atoms with E-state index in [-0.39, 0.29) is 39.5 Å². The first-order valence-corrected chi connectivity index (χ1v) is 12.1. The number of nitrogens with one attached hydrogen (secondary N) is 1. The molecule has 1 fully saturated rings. The Labute approximate surface area is 190 Å². The second kappa shape index (κ2) is 7.76. The Bertz CT molecular complexity index is 1370. The predicted molar refractivity (Wildman–Crippen MR) is 121 cm³/mol. The molecule has 3 aromatic rings. The summed E-state index contributed by atoms with van der Waals surface area (Å²) in [5.74, 6) is -0.743. The van der Waals surface area contributed by atoms with Crippen molar-refractivity contribution in [3.8, 4) is 0 Å². The molecule has 162 valence electrons. The lowest BCUT2D eigenvalue weighted by molar-refractivity contribution is 0.0947. The number of sulfone groups is 1. The number of anilines is 1. The van der Waals surface area contributed by atoms with Gasteiger partial charge < -0.3 is 10.2 Å². The minimum atomic E-state index is -3.98. The van der Waals surface area contributed by atoms with Crippen LogP contribution in [-0.4, -0.2) is 26.3 Å². The van der Waals surface area contributed by atoms with Gasteiger partial charge in [0, 0.05) is 16.6 Å². The van der Waals surface area contributed by atoms with Gasteiger partial charge in [0.1, 0.15) is 0 Å². The second-order valence-electron chi connectivity index (χ2n) is 7.95. The van der Waals surface area contributed by atoms with E-state index in [0.29, 0.717) is 10.6 Å². The molecule has 1 saturated carbocycles. The molecule has 1 aliphatic heterocycles. The lowest BCUT2D eigenvalue weighted by Gasteiger charge is -2.23. The quantitative estimate of drug-likeness (QED) is 0.623. The zero-order valence-electron chi connectivity index (χ0n) is 16.9. The van der Waals surface area contributed by atoms with Gasteiger partial charge in [0.05, 0.1) is 27.6 Å². The van der Waals surface area contributed by atoms with Crippen LogP contribution >= 0.6 is 11.6 Å². The highest BCUT2D eigenvalue weighted by Crippen LogP contribution is 2.38. The maximum absolute atomic E-state index is 13.6. The summed E-state index contributed by atoms with van der Waals surface area (Å²) in [6.45, 7) is 0.101. The molecule has 1 heterocycles. The molecule has 6 nitrogen and oxygen atoms in total. The van der Waals surface area contributed by atoms with E-state index in [4.69, 9.17) is 11.6 Å². The van der Waals surface area contributed by atoms with E-state index in [9.17, 15) is 18.0 Å². The van der Waals surface area contributed by atoms with Crippen molar-refractivity contribution >= 4 is 38.9 Å². The van der Waals surface area contributed by atoms with Crippen LogP contribution in [0.25, 0.3) is 0 Å². The summed E-state index contributed by atoms with van der Waals surface area (Å²) < 4.78 is 27.0. The lowest BCUT2D eigenvalue weighted by atomic mass is 10.1. The number of amides is 2. The molecule has 2 aliphatic rings. The van der Waals surface area contributed by atoms with Gasteiger partial charge in [-0.1, -0.05) is 35.9 Å². The van der Waals surface area contributed by atoms with Gasteiger partial charge in [-0.25, -0.2) is 8.42 Å². The van der Waals surface area contributed by atoms with Crippen molar-refractivity contribution in [2.45, 2.75) is 35.2 Å². The Morgan fingerprint density at radius 3 is 2.53 bits per heavy atom. The van der Waals surface area contributed by atoms with Crippen molar-refractivity contribution in [2.75, 3.05) is 4.90 Å². The van der Waals surface area contributed by atoms with Gasteiger partial charge >= 0.3 is 0 Å². The third-order valence-corrected chi connectivity index (χ3v) is 7.69. The first kappa shape index (κ1) is 20.7. The van der Waals surface area contributed by atoms with Crippen LogP contribution in [0.1, 0.15) is 39.1 Å². The molecule has 2 amide bonds. The fraction of sp³-hybridized carbons (Fsp3) is 0.167. The Balaban J connectivity index is 1.69. The Morgan fingerprint density at radius 2 is 1.78 bits per heavy atom. The third kappa shape index (κ3) is 3.67. The second-order valence-corrected chi connectivity index (χ2v) is 10.3. The molecule has 0 unspecified atom stereocenters. The van der Waals surface area contributed by atoms with Crippen LogP contribution < -0.4 is 10.2 Å². The Morgan fingerprint density at radius 1 is 1.00 bits per heavy atom. The van der Waals surface area contributed by atoms with E-state index in [1.54, 1.807) is 30.3 Å². The maximum atomic E-state index is 13.6. The van der Waals surface area contributed by atoms with E-state index in [2.05, 4.69) is 5.32 Å². The number of rotatable bonds is 4. The molecular formula is C24H19ClN2O4S. The molecule has 1 N–H and O–H groups in total.